The van der Waals surface area contributed by atoms with E-state index in [1.54, 1.807) is 28.8 Å². The monoisotopic (exact) mass is 302 g/mol. The lowest BCUT2D eigenvalue weighted by molar-refractivity contribution is 0.203. The van der Waals surface area contributed by atoms with Gasteiger partial charge in [-0.2, -0.15) is 0 Å². The number of ether oxygens (including phenoxy) is 1. The van der Waals surface area contributed by atoms with Gasteiger partial charge in [-0.05, 0) is 24.3 Å². The van der Waals surface area contributed by atoms with E-state index in [0.29, 0.717) is 16.6 Å². The molecule has 2 N–H and O–H groups in total. The van der Waals surface area contributed by atoms with Crippen molar-refractivity contribution in [2.45, 2.75) is 0 Å². The Hall–Kier alpha value is -2.60. The molecule has 2 aromatic heterocycles. The Morgan fingerprint density at radius 1 is 1.43 bits per heavy atom. The molecule has 0 aliphatic rings. The number of carbonyl (C=O) groups excluding carboxylic acids is 1. The van der Waals surface area contributed by atoms with Crippen LogP contribution in [0.2, 0.25) is 5.02 Å². The van der Waals surface area contributed by atoms with Crippen LogP contribution < -0.4 is 15.5 Å². The Labute approximate surface area is 124 Å². The number of fused-ring (bicyclic) bond motifs is 2. The number of hydrogen-bond acceptors (Lipinski definition) is 4. The van der Waals surface area contributed by atoms with Crippen molar-refractivity contribution in [3.63, 3.8) is 0 Å². The van der Waals surface area contributed by atoms with E-state index in [1.807, 2.05) is 12.1 Å². The minimum absolute atomic E-state index is 0.190. The predicted molar refractivity (Wildman–Crippen MR) is 78.6 cm³/mol. The van der Waals surface area contributed by atoms with Gasteiger partial charge < -0.3 is 10.1 Å². The Kier molecular flexibility index (Phi) is 3.23. The molecule has 0 saturated carbocycles. The number of amides is 1. The van der Waals surface area contributed by atoms with E-state index >= 15 is 0 Å². The van der Waals surface area contributed by atoms with Crippen molar-refractivity contribution in [1.82, 2.24) is 14.7 Å². The van der Waals surface area contributed by atoms with Gasteiger partial charge in [-0.15, -0.1) is 0 Å². The first-order valence-corrected chi connectivity index (χ1v) is 6.53. The minimum atomic E-state index is -0.621. The standard InChI is InChI=1S/C14H11ClN4O2/c1-17-14(20)21-11-6-8-10(7-9(11)15)18-12-4-2-3-5-19(12)13(8)16/h2-7,16H,1H3,(H,17,20). The van der Waals surface area contributed by atoms with Gasteiger partial charge in [-0.1, -0.05) is 17.7 Å². The first-order chi connectivity index (χ1) is 10.1. The van der Waals surface area contributed by atoms with Crippen molar-refractivity contribution in [1.29, 1.82) is 5.41 Å². The molecule has 0 atom stereocenters. The van der Waals surface area contributed by atoms with Crippen molar-refractivity contribution >= 4 is 34.2 Å². The molecule has 3 aromatic rings. The van der Waals surface area contributed by atoms with Crippen molar-refractivity contribution in [3.05, 3.63) is 47.0 Å². The van der Waals surface area contributed by atoms with Gasteiger partial charge in [0, 0.05) is 18.6 Å². The highest BCUT2D eigenvalue weighted by Crippen LogP contribution is 2.28. The molecule has 21 heavy (non-hydrogen) atoms. The minimum Gasteiger partial charge on any atom is -0.409 e. The van der Waals surface area contributed by atoms with E-state index in [-0.39, 0.29) is 16.3 Å². The second-order valence-electron chi connectivity index (χ2n) is 4.33. The third-order valence-corrected chi connectivity index (χ3v) is 3.32. The van der Waals surface area contributed by atoms with Gasteiger partial charge in [0.1, 0.15) is 11.1 Å². The smallest absolute Gasteiger partial charge is 0.409 e. The van der Waals surface area contributed by atoms with E-state index in [4.69, 9.17) is 21.7 Å². The van der Waals surface area contributed by atoms with E-state index in [2.05, 4.69) is 10.3 Å². The molecule has 0 spiro atoms. The zero-order valence-corrected chi connectivity index (χ0v) is 11.8. The second-order valence-corrected chi connectivity index (χ2v) is 4.74. The largest absolute Gasteiger partial charge is 0.412 e. The topological polar surface area (TPSA) is 79.5 Å². The van der Waals surface area contributed by atoms with Crippen LogP contribution in [0.15, 0.2) is 36.5 Å². The number of aromatic nitrogens is 2. The molecule has 0 aliphatic heterocycles. The van der Waals surface area contributed by atoms with Crippen LogP contribution in [0.4, 0.5) is 4.79 Å². The van der Waals surface area contributed by atoms with Crippen LogP contribution in [0.5, 0.6) is 5.75 Å². The molecule has 2 heterocycles. The summed E-state index contributed by atoms with van der Waals surface area (Å²) in [5.41, 5.74) is 1.46. The maximum Gasteiger partial charge on any atom is 0.412 e. The summed E-state index contributed by atoms with van der Waals surface area (Å²) in [6.45, 7) is 0. The molecule has 0 unspecified atom stereocenters. The Bertz CT molecular complexity index is 920. The number of hydrogen-bond donors (Lipinski definition) is 2. The average molecular weight is 303 g/mol. The summed E-state index contributed by atoms with van der Waals surface area (Å²) in [6.07, 6.45) is 1.13. The molecule has 6 nitrogen and oxygen atoms in total. The third-order valence-electron chi connectivity index (χ3n) is 3.03. The molecule has 7 heteroatoms. The lowest BCUT2D eigenvalue weighted by Crippen LogP contribution is -2.22. The Morgan fingerprint density at radius 2 is 2.24 bits per heavy atom. The van der Waals surface area contributed by atoms with E-state index in [0.717, 1.165) is 0 Å². The van der Waals surface area contributed by atoms with E-state index < -0.39 is 6.09 Å². The number of nitrogens with one attached hydrogen (secondary N) is 2. The lowest BCUT2D eigenvalue weighted by atomic mass is 10.2. The highest BCUT2D eigenvalue weighted by atomic mass is 35.5. The van der Waals surface area contributed by atoms with Crippen molar-refractivity contribution < 1.29 is 9.53 Å². The van der Waals surface area contributed by atoms with Gasteiger partial charge >= 0.3 is 6.09 Å². The molecule has 1 aromatic carbocycles. The normalized spacial score (nSPS) is 10.8. The quantitative estimate of drug-likeness (QED) is 0.677. The van der Waals surface area contributed by atoms with Crippen LogP contribution in [-0.2, 0) is 0 Å². The summed E-state index contributed by atoms with van der Waals surface area (Å²) in [4.78, 5) is 15.7. The molecule has 106 valence electrons. The fourth-order valence-electron chi connectivity index (χ4n) is 2.02. The maximum absolute atomic E-state index is 11.3. The maximum atomic E-state index is 11.3. The fraction of sp³-hybridized carbons (Fsp3) is 0.0714. The second kappa shape index (κ2) is 5.06. The first-order valence-electron chi connectivity index (χ1n) is 6.15. The summed E-state index contributed by atoms with van der Waals surface area (Å²) in [6, 6.07) is 8.59. The van der Waals surface area contributed by atoms with Gasteiger partial charge in [0.2, 0.25) is 0 Å². The molecule has 0 saturated heterocycles. The highest BCUT2D eigenvalue weighted by Gasteiger charge is 2.11. The Balaban J connectivity index is 2.29. The number of halogens is 1. The third kappa shape index (κ3) is 2.30. The van der Waals surface area contributed by atoms with Gasteiger partial charge in [0.15, 0.2) is 5.75 Å². The van der Waals surface area contributed by atoms with Crippen LogP contribution in [0.1, 0.15) is 0 Å². The van der Waals surface area contributed by atoms with Crippen LogP contribution in [0.25, 0.3) is 16.6 Å². The zero-order valence-electron chi connectivity index (χ0n) is 11.1. The van der Waals surface area contributed by atoms with Crippen molar-refractivity contribution in [2.24, 2.45) is 0 Å². The summed E-state index contributed by atoms with van der Waals surface area (Å²) >= 11 is 6.09. The molecule has 0 bridgehead atoms. The number of carbonyl (C=O) groups is 1. The summed E-state index contributed by atoms with van der Waals surface area (Å²) in [5, 5.41) is 11.4. The van der Waals surface area contributed by atoms with Crippen LogP contribution >= 0.6 is 11.6 Å². The molecule has 0 radical (unpaired) electrons. The summed E-state index contributed by atoms with van der Waals surface area (Å²) in [5.74, 6) is 0.190. The van der Waals surface area contributed by atoms with Crippen LogP contribution in [-0.4, -0.2) is 22.5 Å². The Morgan fingerprint density at radius 3 is 3.00 bits per heavy atom. The SMILES string of the molecule is CNC(=O)Oc1cc2c(=N)n3ccccc3nc2cc1Cl. The van der Waals surface area contributed by atoms with Crippen LogP contribution in [0.3, 0.4) is 0 Å². The zero-order chi connectivity index (χ0) is 15.0. The molecule has 0 aliphatic carbocycles. The van der Waals surface area contributed by atoms with Gasteiger partial charge in [0.25, 0.3) is 0 Å². The molecule has 1 amide bonds. The van der Waals surface area contributed by atoms with Crippen molar-refractivity contribution in [2.75, 3.05) is 7.05 Å². The van der Waals surface area contributed by atoms with E-state index in [1.165, 1.54) is 7.05 Å². The van der Waals surface area contributed by atoms with Gasteiger partial charge in [-0.25, -0.2) is 9.78 Å². The van der Waals surface area contributed by atoms with E-state index in [9.17, 15) is 4.79 Å². The average Bonchev–Trinajstić information content (AvgIpc) is 2.49. The highest BCUT2D eigenvalue weighted by molar-refractivity contribution is 6.32. The van der Waals surface area contributed by atoms with Crippen LogP contribution in [0, 0.1) is 5.41 Å². The summed E-state index contributed by atoms with van der Waals surface area (Å²) in [7, 11) is 1.46. The van der Waals surface area contributed by atoms with Crippen molar-refractivity contribution in [3.8, 4) is 5.75 Å². The molecule has 0 fully saturated rings. The lowest BCUT2D eigenvalue weighted by Gasteiger charge is -2.09. The molecule has 3 rings (SSSR count). The predicted octanol–water partition coefficient (Wildman–Crippen LogP) is 2.34. The number of nitrogens with zero attached hydrogens (tertiary/aromatic N) is 2. The molecular formula is C14H11ClN4O2. The number of benzene rings is 1. The fourth-order valence-corrected chi connectivity index (χ4v) is 2.22. The van der Waals surface area contributed by atoms with Gasteiger partial charge in [0.05, 0.1) is 10.5 Å². The number of pyridine rings is 1. The summed E-state index contributed by atoms with van der Waals surface area (Å²) < 4.78 is 6.71. The van der Waals surface area contributed by atoms with Gasteiger partial charge in [-0.3, -0.25) is 9.81 Å². The first kappa shape index (κ1) is 13.4. The number of rotatable bonds is 1. The molecular weight excluding hydrogens is 292 g/mol.